The first-order valence-corrected chi connectivity index (χ1v) is 4.98. The monoisotopic (exact) mass is 203 g/mol. The maximum absolute atomic E-state index is 11.3. The van der Waals surface area contributed by atoms with Gasteiger partial charge in [0, 0.05) is 24.9 Å². The molecule has 1 aliphatic rings. The first-order chi connectivity index (χ1) is 6.06. The fourth-order valence-corrected chi connectivity index (χ4v) is 1.76. The summed E-state index contributed by atoms with van der Waals surface area (Å²) in [5.41, 5.74) is 0. The summed E-state index contributed by atoms with van der Waals surface area (Å²) < 4.78 is 0. The molecule has 1 amide bonds. The highest BCUT2D eigenvalue weighted by molar-refractivity contribution is 6.27. The molecule has 1 heterocycles. The van der Waals surface area contributed by atoms with Crippen LogP contribution in [-0.4, -0.2) is 35.1 Å². The van der Waals surface area contributed by atoms with Crippen LogP contribution in [-0.2, 0) is 9.59 Å². The van der Waals surface area contributed by atoms with Crippen LogP contribution in [0.5, 0.6) is 0 Å². The van der Waals surface area contributed by atoms with Crippen LogP contribution in [0, 0.1) is 5.92 Å². The molecule has 1 aliphatic heterocycles. The Morgan fingerprint density at radius 1 is 1.62 bits per heavy atom. The number of hydrogen-bond donors (Lipinski definition) is 0. The fraction of sp³-hybridized carbons (Fsp3) is 0.778. The second-order valence-corrected chi connectivity index (χ2v) is 3.87. The number of nitrogens with zero attached hydrogens (tertiary/aromatic N) is 1. The predicted octanol–water partition coefficient (Wildman–Crippen LogP) is 1.05. The van der Waals surface area contributed by atoms with Gasteiger partial charge in [0.2, 0.25) is 5.91 Å². The van der Waals surface area contributed by atoms with E-state index in [1.54, 1.807) is 4.90 Å². The minimum Gasteiger partial charge on any atom is -0.338 e. The molecule has 4 heteroatoms. The Bertz CT molecular complexity index is 230. The quantitative estimate of drug-likeness (QED) is 0.598. The maximum atomic E-state index is 11.3. The molecule has 0 saturated carbocycles. The largest absolute Gasteiger partial charge is 0.338 e. The van der Waals surface area contributed by atoms with E-state index in [0.29, 0.717) is 13.0 Å². The molecule has 1 fully saturated rings. The number of halogens is 1. The zero-order chi connectivity index (χ0) is 10.0. The molecule has 0 aliphatic carbocycles. The third-order valence-electron chi connectivity index (χ3n) is 2.48. The van der Waals surface area contributed by atoms with Crippen molar-refractivity contribution in [3.05, 3.63) is 0 Å². The van der Waals surface area contributed by atoms with Crippen LogP contribution in [0.15, 0.2) is 0 Å². The maximum Gasteiger partial charge on any atom is 0.237 e. The molecule has 74 valence electrons. The first kappa shape index (κ1) is 10.5. The Morgan fingerprint density at radius 3 is 2.77 bits per heavy atom. The zero-order valence-corrected chi connectivity index (χ0v) is 8.67. The van der Waals surface area contributed by atoms with Gasteiger partial charge in [0.15, 0.2) is 0 Å². The Hall–Kier alpha value is -0.570. The molecular weight excluding hydrogens is 190 g/mol. The molecule has 1 rings (SSSR count). The van der Waals surface area contributed by atoms with Crippen molar-refractivity contribution in [2.45, 2.75) is 26.3 Å². The molecule has 13 heavy (non-hydrogen) atoms. The normalized spacial score (nSPS) is 29.2. The summed E-state index contributed by atoms with van der Waals surface area (Å²) in [6.45, 7) is 4.25. The Balaban J connectivity index is 2.66. The van der Waals surface area contributed by atoms with Gasteiger partial charge < -0.3 is 4.90 Å². The van der Waals surface area contributed by atoms with Gasteiger partial charge in [-0.15, -0.1) is 11.6 Å². The summed E-state index contributed by atoms with van der Waals surface area (Å²) in [6, 6.07) is 0.00921. The van der Waals surface area contributed by atoms with Gasteiger partial charge in [0.1, 0.15) is 11.7 Å². The molecule has 0 aromatic heterocycles. The number of rotatable bonds is 1. The van der Waals surface area contributed by atoms with Crippen molar-refractivity contribution >= 4 is 23.3 Å². The van der Waals surface area contributed by atoms with Crippen molar-refractivity contribution in [3.63, 3.8) is 0 Å². The van der Waals surface area contributed by atoms with Crippen LogP contribution in [0.25, 0.3) is 0 Å². The molecule has 0 radical (unpaired) electrons. The van der Waals surface area contributed by atoms with Gasteiger partial charge in [-0.05, 0) is 6.92 Å². The molecular formula is C9H14ClNO2. The van der Waals surface area contributed by atoms with Crippen LogP contribution in [0.3, 0.4) is 0 Å². The highest BCUT2D eigenvalue weighted by atomic mass is 35.5. The highest BCUT2D eigenvalue weighted by Gasteiger charge is 2.31. The number of likely N-dealkylation sites (tertiary alicyclic amines) is 1. The van der Waals surface area contributed by atoms with Crippen LogP contribution >= 0.6 is 11.6 Å². The lowest BCUT2D eigenvalue weighted by molar-refractivity contribution is -0.138. The zero-order valence-electron chi connectivity index (χ0n) is 7.92. The van der Waals surface area contributed by atoms with Gasteiger partial charge in [0.05, 0.1) is 0 Å². The number of alkyl halides is 1. The van der Waals surface area contributed by atoms with Gasteiger partial charge in [-0.3, -0.25) is 9.59 Å². The number of carbonyl (C=O) groups is 2. The van der Waals surface area contributed by atoms with Gasteiger partial charge in [-0.25, -0.2) is 0 Å². The van der Waals surface area contributed by atoms with E-state index < -0.39 is 0 Å². The third-order valence-corrected chi connectivity index (χ3v) is 2.71. The fourth-order valence-electron chi connectivity index (χ4n) is 1.60. The molecule has 0 aromatic rings. The second-order valence-electron chi connectivity index (χ2n) is 3.60. The van der Waals surface area contributed by atoms with E-state index in [4.69, 9.17) is 11.6 Å². The van der Waals surface area contributed by atoms with Crippen molar-refractivity contribution < 1.29 is 9.59 Å². The smallest absolute Gasteiger partial charge is 0.237 e. The molecule has 1 saturated heterocycles. The van der Waals surface area contributed by atoms with Crippen LogP contribution < -0.4 is 0 Å². The van der Waals surface area contributed by atoms with Gasteiger partial charge >= 0.3 is 0 Å². The standard InChI is InChI=1S/C9H14ClNO2/c1-6-5-11(9(13)4-10)7(2)3-8(6)12/h6-7H,3-5H2,1-2H3/t6-,7+/m0/s1. The summed E-state index contributed by atoms with van der Waals surface area (Å²) in [7, 11) is 0. The van der Waals surface area contributed by atoms with E-state index in [2.05, 4.69) is 0 Å². The van der Waals surface area contributed by atoms with E-state index in [9.17, 15) is 9.59 Å². The number of Topliss-reactive ketones (excluding diaryl/α,β-unsaturated/α-hetero) is 1. The predicted molar refractivity (Wildman–Crippen MR) is 50.7 cm³/mol. The van der Waals surface area contributed by atoms with E-state index in [1.165, 1.54) is 0 Å². The van der Waals surface area contributed by atoms with E-state index in [1.807, 2.05) is 13.8 Å². The van der Waals surface area contributed by atoms with Crippen molar-refractivity contribution in [1.82, 2.24) is 4.90 Å². The van der Waals surface area contributed by atoms with Gasteiger partial charge in [-0.2, -0.15) is 0 Å². The number of piperidine rings is 1. The summed E-state index contributed by atoms with van der Waals surface area (Å²) in [6.07, 6.45) is 0.462. The average molecular weight is 204 g/mol. The molecule has 0 unspecified atom stereocenters. The topological polar surface area (TPSA) is 37.4 Å². The lowest BCUT2D eigenvalue weighted by Crippen LogP contribution is -2.49. The van der Waals surface area contributed by atoms with Crippen LogP contribution in [0.4, 0.5) is 0 Å². The van der Waals surface area contributed by atoms with Crippen LogP contribution in [0.1, 0.15) is 20.3 Å². The van der Waals surface area contributed by atoms with E-state index >= 15 is 0 Å². The summed E-state index contributed by atoms with van der Waals surface area (Å²) in [4.78, 5) is 24.3. The van der Waals surface area contributed by atoms with Gasteiger partial charge in [-0.1, -0.05) is 6.92 Å². The number of hydrogen-bond acceptors (Lipinski definition) is 2. The number of ketones is 1. The first-order valence-electron chi connectivity index (χ1n) is 4.44. The van der Waals surface area contributed by atoms with Crippen molar-refractivity contribution in [1.29, 1.82) is 0 Å². The molecule has 3 nitrogen and oxygen atoms in total. The molecule has 0 aromatic carbocycles. The van der Waals surface area contributed by atoms with E-state index in [-0.39, 0.29) is 29.5 Å². The third kappa shape index (κ3) is 2.21. The molecule has 0 spiro atoms. The molecule has 0 N–H and O–H groups in total. The summed E-state index contributed by atoms with van der Waals surface area (Å²) >= 11 is 5.46. The second kappa shape index (κ2) is 4.09. The minimum absolute atomic E-state index is 0.00521. The lowest BCUT2D eigenvalue weighted by Gasteiger charge is -2.35. The van der Waals surface area contributed by atoms with Crippen molar-refractivity contribution in [3.8, 4) is 0 Å². The molecule has 0 bridgehead atoms. The Labute approximate surface area is 83.0 Å². The average Bonchev–Trinajstić information content (AvgIpc) is 2.10. The summed E-state index contributed by atoms with van der Waals surface area (Å²) in [5.74, 6) is 0.133. The van der Waals surface area contributed by atoms with E-state index in [0.717, 1.165) is 0 Å². The number of carbonyl (C=O) groups excluding carboxylic acids is 2. The Morgan fingerprint density at radius 2 is 2.23 bits per heavy atom. The van der Waals surface area contributed by atoms with Crippen LogP contribution in [0.2, 0.25) is 0 Å². The lowest BCUT2D eigenvalue weighted by atomic mass is 9.93. The minimum atomic E-state index is -0.0754. The summed E-state index contributed by atoms with van der Waals surface area (Å²) in [5, 5.41) is 0. The molecule has 2 atom stereocenters. The van der Waals surface area contributed by atoms with Crippen molar-refractivity contribution in [2.75, 3.05) is 12.4 Å². The highest BCUT2D eigenvalue weighted by Crippen LogP contribution is 2.18. The Kier molecular flexibility index (Phi) is 3.31. The SMILES string of the molecule is C[C@@H]1CC(=O)[C@@H](C)CN1C(=O)CCl. The van der Waals surface area contributed by atoms with Crippen molar-refractivity contribution in [2.24, 2.45) is 5.92 Å². The number of amides is 1. The van der Waals surface area contributed by atoms with Gasteiger partial charge in [0.25, 0.3) is 0 Å².